The molecular formula is C11H12N2O3. The summed E-state index contributed by atoms with van der Waals surface area (Å²) in [7, 11) is 0. The van der Waals surface area contributed by atoms with Gasteiger partial charge in [0.25, 0.3) is 0 Å². The Bertz CT molecular complexity index is 453. The van der Waals surface area contributed by atoms with E-state index in [0.717, 1.165) is 12.8 Å². The van der Waals surface area contributed by atoms with E-state index >= 15 is 0 Å². The number of pyridine rings is 1. The third-order valence-corrected chi connectivity index (χ3v) is 2.59. The van der Waals surface area contributed by atoms with Gasteiger partial charge < -0.3 is 10.8 Å². The Morgan fingerprint density at radius 2 is 2.31 bits per heavy atom. The zero-order chi connectivity index (χ0) is 11.7. The molecule has 0 aliphatic heterocycles. The van der Waals surface area contributed by atoms with Crippen LogP contribution in [-0.2, 0) is 11.2 Å². The monoisotopic (exact) mass is 220 g/mol. The molecule has 0 unspecified atom stereocenters. The highest BCUT2D eigenvalue weighted by molar-refractivity contribution is 5.85. The second-order valence-electron chi connectivity index (χ2n) is 3.96. The molecule has 1 aliphatic carbocycles. The topological polar surface area (TPSA) is 93.3 Å². The van der Waals surface area contributed by atoms with Gasteiger partial charge in [0.2, 0.25) is 0 Å². The van der Waals surface area contributed by atoms with Gasteiger partial charge in [-0.05, 0) is 18.9 Å². The van der Waals surface area contributed by atoms with Crippen molar-refractivity contribution in [3.05, 3.63) is 23.0 Å². The van der Waals surface area contributed by atoms with Crippen molar-refractivity contribution in [1.82, 2.24) is 4.98 Å². The number of carbonyl (C=O) groups is 2. The third kappa shape index (κ3) is 2.03. The van der Waals surface area contributed by atoms with Crippen LogP contribution in [0.1, 0.15) is 40.5 Å². The van der Waals surface area contributed by atoms with Crippen molar-refractivity contribution in [3.63, 3.8) is 0 Å². The highest BCUT2D eigenvalue weighted by Crippen LogP contribution is 2.41. The molecule has 0 bridgehead atoms. The van der Waals surface area contributed by atoms with E-state index in [-0.39, 0.29) is 12.3 Å². The van der Waals surface area contributed by atoms with Gasteiger partial charge in [0.15, 0.2) is 6.29 Å². The molecule has 0 aromatic carbocycles. The molecule has 1 saturated carbocycles. The summed E-state index contributed by atoms with van der Waals surface area (Å²) in [5, 5.41) is 8.68. The quantitative estimate of drug-likeness (QED) is 0.738. The number of hydrogen-bond donors (Lipinski definition) is 2. The number of carboxylic acids is 1. The minimum Gasteiger partial charge on any atom is -0.481 e. The van der Waals surface area contributed by atoms with Crippen molar-refractivity contribution >= 4 is 17.9 Å². The first-order valence-corrected chi connectivity index (χ1v) is 5.08. The molecule has 3 N–H and O–H groups in total. The SMILES string of the molecule is Nc1cc(CC(=O)O)nc(C2CC2)c1C=O. The average Bonchev–Trinajstić information content (AvgIpc) is 2.98. The molecule has 1 aliphatic rings. The number of nitrogens with two attached hydrogens (primary N) is 1. The zero-order valence-corrected chi connectivity index (χ0v) is 8.64. The van der Waals surface area contributed by atoms with Crippen LogP contribution in [0.5, 0.6) is 0 Å². The van der Waals surface area contributed by atoms with E-state index in [1.54, 1.807) is 0 Å². The highest BCUT2D eigenvalue weighted by atomic mass is 16.4. The molecule has 0 radical (unpaired) electrons. The molecule has 0 spiro atoms. The maximum absolute atomic E-state index is 10.9. The van der Waals surface area contributed by atoms with E-state index in [1.807, 2.05) is 0 Å². The molecule has 84 valence electrons. The predicted molar refractivity (Wildman–Crippen MR) is 57.4 cm³/mol. The van der Waals surface area contributed by atoms with Gasteiger partial charge in [0, 0.05) is 11.6 Å². The molecule has 1 aromatic heterocycles. The van der Waals surface area contributed by atoms with Gasteiger partial charge in [-0.15, -0.1) is 0 Å². The highest BCUT2D eigenvalue weighted by Gasteiger charge is 2.29. The number of aromatic nitrogens is 1. The molecule has 5 nitrogen and oxygen atoms in total. The van der Waals surface area contributed by atoms with Crippen molar-refractivity contribution in [2.75, 3.05) is 5.73 Å². The van der Waals surface area contributed by atoms with Crippen molar-refractivity contribution in [1.29, 1.82) is 0 Å². The summed E-state index contributed by atoms with van der Waals surface area (Å²) in [6.07, 6.45) is 2.51. The third-order valence-electron chi connectivity index (χ3n) is 2.59. The molecule has 1 aromatic rings. The summed E-state index contributed by atoms with van der Waals surface area (Å²) in [5.41, 5.74) is 7.52. The predicted octanol–water partition coefficient (Wildman–Crippen LogP) is 0.981. The van der Waals surface area contributed by atoms with Crippen molar-refractivity contribution < 1.29 is 14.7 Å². The van der Waals surface area contributed by atoms with Crippen LogP contribution in [0, 0.1) is 0 Å². The van der Waals surface area contributed by atoms with Crippen LogP contribution < -0.4 is 5.73 Å². The van der Waals surface area contributed by atoms with Gasteiger partial charge in [-0.1, -0.05) is 0 Å². The number of aliphatic carboxylic acids is 1. The first-order chi connectivity index (χ1) is 7.61. The van der Waals surface area contributed by atoms with Crippen molar-refractivity contribution in [2.45, 2.75) is 25.2 Å². The maximum atomic E-state index is 10.9. The standard InChI is InChI=1S/C11H12N2O3/c12-9-3-7(4-10(15)16)13-11(6-1-2-6)8(9)5-14/h3,5-6H,1-2,4H2,(H2,12,13)(H,15,16). The van der Waals surface area contributed by atoms with E-state index in [1.165, 1.54) is 6.07 Å². The Labute approximate surface area is 92.3 Å². The largest absolute Gasteiger partial charge is 0.481 e. The van der Waals surface area contributed by atoms with Crippen LogP contribution >= 0.6 is 0 Å². The molecule has 1 heterocycles. The lowest BCUT2D eigenvalue weighted by molar-refractivity contribution is -0.136. The number of nitrogen functional groups attached to an aromatic ring is 1. The van der Waals surface area contributed by atoms with Gasteiger partial charge in [-0.3, -0.25) is 14.6 Å². The number of nitrogens with zero attached hydrogens (tertiary/aromatic N) is 1. The minimum atomic E-state index is -0.951. The molecule has 0 atom stereocenters. The molecule has 1 fully saturated rings. The lowest BCUT2D eigenvalue weighted by Crippen LogP contribution is -2.08. The summed E-state index contributed by atoms with van der Waals surface area (Å²) in [6.45, 7) is 0. The Hall–Kier alpha value is -1.91. The van der Waals surface area contributed by atoms with Crippen LogP contribution in [0.15, 0.2) is 6.07 Å². The fraction of sp³-hybridized carbons (Fsp3) is 0.364. The smallest absolute Gasteiger partial charge is 0.309 e. The van der Waals surface area contributed by atoms with Crippen LogP contribution in [-0.4, -0.2) is 22.3 Å². The average molecular weight is 220 g/mol. The van der Waals surface area contributed by atoms with E-state index in [0.29, 0.717) is 28.9 Å². The number of aldehydes is 1. The summed E-state index contributed by atoms with van der Waals surface area (Å²) < 4.78 is 0. The Morgan fingerprint density at radius 3 is 2.81 bits per heavy atom. The Balaban J connectivity index is 2.43. The summed E-state index contributed by atoms with van der Waals surface area (Å²) in [6, 6.07) is 1.46. The van der Waals surface area contributed by atoms with Gasteiger partial charge in [0.1, 0.15) is 0 Å². The van der Waals surface area contributed by atoms with Crippen LogP contribution in [0.2, 0.25) is 0 Å². The van der Waals surface area contributed by atoms with Gasteiger partial charge >= 0.3 is 5.97 Å². The summed E-state index contributed by atoms with van der Waals surface area (Å²) in [4.78, 5) is 25.7. The Morgan fingerprint density at radius 1 is 1.62 bits per heavy atom. The molecule has 0 amide bonds. The normalized spacial score (nSPS) is 14.8. The first kappa shape index (κ1) is 10.6. The zero-order valence-electron chi connectivity index (χ0n) is 8.64. The Kier molecular flexibility index (Phi) is 2.60. The number of carbonyl (C=O) groups excluding carboxylic acids is 1. The van der Waals surface area contributed by atoms with Gasteiger partial charge in [-0.2, -0.15) is 0 Å². The molecular weight excluding hydrogens is 208 g/mol. The van der Waals surface area contributed by atoms with E-state index in [9.17, 15) is 9.59 Å². The number of rotatable bonds is 4. The van der Waals surface area contributed by atoms with Crippen LogP contribution in [0.25, 0.3) is 0 Å². The first-order valence-electron chi connectivity index (χ1n) is 5.08. The fourth-order valence-electron chi connectivity index (χ4n) is 1.69. The maximum Gasteiger partial charge on any atom is 0.309 e. The van der Waals surface area contributed by atoms with E-state index in [2.05, 4.69) is 4.98 Å². The number of anilines is 1. The summed E-state index contributed by atoms with van der Waals surface area (Å²) >= 11 is 0. The number of hydrogen-bond acceptors (Lipinski definition) is 4. The van der Waals surface area contributed by atoms with Crippen LogP contribution in [0.4, 0.5) is 5.69 Å². The van der Waals surface area contributed by atoms with Crippen LogP contribution in [0.3, 0.4) is 0 Å². The van der Waals surface area contributed by atoms with Crippen molar-refractivity contribution in [3.8, 4) is 0 Å². The van der Waals surface area contributed by atoms with E-state index < -0.39 is 5.97 Å². The summed E-state index contributed by atoms with van der Waals surface area (Å²) in [5.74, 6) is -0.677. The van der Waals surface area contributed by atoms with Gasteiger partial charge in [-0.25, -0.2) is 0 Å². The molecule has 16 heavy (non-hydrogen) atoms. The van der Waals surface area contributed by atoms with Gasteiger partial charge in [0.05, 0.1) is 23.4 Å². The second-order valence-corrected chi connectivity index (χ2v) is 3.96. The number of carboxylic acid groups (broad SMARTS) is 1. The second kappa shape index (κ2) is 3.92. The molecule has 5 heteroatoms. The van der Waals surface area contributed by atoms with Crippen molar-refractivity contribution in [2.24, 2.45) is 0 Å². The fourth-order valence-corrected chi connectivity index (χ4v) is 1.69. The lowest BCUT2D eigenvalue weighted by Gasteiger charge is -2.08. The molecule has 0 saturated heterocycles. The lowest BCUT2D eigenvalue weighted by atomic mass is 10.1. The minimum absolute atomic E-state index is 0.164. The van der Waals surface area contributed by atoms with E-state index in [4.69, 9.17) is 10.8 Å². The molecule has 2 rings (SSSR count).